The molecule has 1 fully saturated rings. The van der Waals surface area contributed by atoms with Crippen LogP contribution in [0.2, 0.25) is 0 Å². The first kappa shape index (κ1) is 13.4. The minimum Gasteiger partial charge on any atom is -0.496 e. The smallest absolute Gasteiger partial charge is 0.125 e. The van der Waals surface area contributed by atoms with Gasteiger partial charge in [0.25, 0.3) is 0 Å². The molecule has 0 radical (unpaired) electrons. The van der Waals surface area contributed by atoms with Crippen LogP contribution in [0, 0.1) is 13.8 Å². The Balaban J connectivity index is 2.41. The highest BCUT2D eigenvalue weighted by molar-refractivity contribution is 5.49. The maximum atomic E-state index is 9.06. The molecule has 100 valence electrons. The fourth-order valence-corrected chi connectivity index (χ4v) is 2.82. The van der Waals surface area contributed by atoms with Crippen LogP contribution in [0.4, 0.5) is 0 Å². The van der Waals surface area contributed by atoms with E-state index < -0.39 is 0 Å². The molecule has 0 aromatic heterocycles. The zero-order valence-electron chi connectivity index (χ0n) is 11.5. The SMILES string of the molecule is COc1c(C)cc(C)cc1C1(CCCO)COC1. The van der Waals surface area contributed by atoms with E-state index in [-0.39, 0.29) is 12.0 Å². The van der Waals surface area contributed by atoms with E-state index in [1.165, 1.54) is 16.7 Å². The topological polar surface area (TPSA) is 38.7 Å². The molecule has 1 aromatic rings. The summed E-state index contributed by atoms with van der Waals surface area (Å²) in [5.74, 6) is 0.974. The lowest BCUT2D eigenvalue weighted by atomic mass is 9.73. The first-order valence-electron chi connectivity index (χ1n) is 6.47. The van der Waals surface area contributed by atoms with Crippen LogP contribution in [-0.4, -0.2) is 32.0 Å². The van der Waals surface area contributed by atoms with Crippen molar-refractivity contribution in [2.24, 2.45) is 0 Å². The molecule has 1 aromatic carbocycles. The molecule has 0 aliphatic carbocycles. The average Bonchev–Trinajstić information content (AvgIpc) is 2.27. The molecular formula is C15H22O3. The van der Waals surface area contributed by atoms with E-state index in [0.29, 0.717) is 0 Å². The Morgan fingerprint density at radius 3 is 2.56 bits per heavy atom. The molecule has 2 rings (SSSR count). The van der Waals surface area contributed by atoms with Crippen LogP contribution in [0.1, 0.15) is 29.5 Å². The third-order valence-electron chi connectivity index (χ3n) is 3.76. The fraction of sp³-hybridized carbons (Fsp3) is 0.600. The van der Waals surface area contributed by atoms with Gasteiger partial charge in [0.05, 0.1) is 20.3 Å². The summed E-state index contributed by atoms with van der Waals surface area (Å²) < 4.78 is 11.0. The maximum Gasteiger partial charge on any atom is 0.125 e. The summed E-state index contributed by atoms with van der Waals surface area (Å²) in [4.78, 5) is 0. The van der Waals surface area contributed by atoms with Crippen LogP contribution < -0.4 is 4.74 Å². The summed E-state index contributed by atoms with van der Waals surface area (Å²) in [6, 6.07) is 4.34. The van der Waals surface area contributed by atoms with Crippen molar-refractivity contribution >= 4 is 0 Å². The molecule has 1 aliphatic rings. The number of aliphatic hydroxyl groups is 1. The predicted octanol–water partition coefficient (Wildman–Crippen LogP) is 2.35. The van der Waals surface area contributed by atoms with Gasteiger partial charge < -0.3 is 14.6 Å². The standard InChI is InChI=1S/C15H22O3/c1-11-7-12(2)14(17-3)13(8-11)15(5-4-6-16)9-18-10-15/h7-8,16H,4-6,9-10H2,1-3H3. The number of aryl methyl sites for hydroxylation is 2. The molecule has 0 spiro atoms. The van der Waals surface area contributed by atoms with Gasteiger partial charge in [-0.1, -0.05) is 17.7 Å². The second-order valence-electron chi connectivity index (χ2n) is 5.26. The molecule has 18 heavy (non-hydrogen) atoms. The van der Waals surface area contributed by atoms with Crippen LogP contribution in [0.5, 0.6) is 5.75 Å². The van der Waals surface area contributed by atoms with Gasteiger partial charge >= 0.3 is 0 Å². The number of hydrogen-bond donors (Lipinski definition) is 1. The summed E-state index contributed by atoms with van der Waals surface area (Å²) >= 11 is 0. The summed E-state index contributed by atoms with van der Waals surface area (Å²) in [6.45, 7) is 5.87. The first-order valence-corrected chi connectivity index (χ1v) is 6.47. The monoisotopic (exact) mass is 250 g/mol. The Bertz CT molecular complexity index is 422. The average molecular weight is 250 g/mol. The molecule has 1 saturated heterocycles. The van der Waals surface area contributed by atoms with Gasteiger partial charge in [-0.2, -0.15) is 0 Å². The van der Waals surface area contributed by atoms with Crippen molar-refractivity contribution in [3.8, 4) is 5.75 Å². The van der Waals surface area contributed by atoms with E-state index >= 15 is 0 Å². The fourth-order valence-electron chi connectivity index (χ4n) is 2.82. The van der Waals surface area contributed by atoms with Crippen LogP contribution >= 0.6 is 0 Å². The van der Waals surface area contributed by atoms with E-state index in [0.717, 1.165) is 31.8 Å². The lowest BCUT2D eigenvalue weighted by Crippen LogP contribution is -2.47. The Morgan fingerprint density at radius 1 is 1.33 bits per heavy atom. The van der Waals surface area contributed by atoms with E-state index in [2.05, 4.69) is 26.0 Å². The molecule has 0 unspecified atom stereocenters. The highest BCUT2D eigenvalue weighted by atomic mass is 16.5. The van der Waals surface area contributed by atoms with Crippen molar-refractivity contribution in [3.05, 3.63) is 28.8 Å². The highest BCUT2D eigenvalue weighted by Gasteiger charge is 2.42. The van der Waals surface area contributed by atoms with Gasteiger partial charge in [0.15, 0.2) is 0 Å². The molecule has 3 heteroatoms. The van der Waals surface area contributed by atoms with E-state index in [9.17, 15) is 0 Å². The van der Waals surface area contributed by atoms with Crippen molar-refractivity contribution in [2.75, 3.05) is 26.9 Å². The van der Waals surface area contributed by atoms with Crippen LogP contribution in [0.25, 0.3) is 0 Å². The minimum atomic E-state index is 0.0326. The Kier molecular flexibility index (Phi) is 3.93. The molecule has 0 atom stereocenters. The number of aliphatic hydroxyl groups excluding tert-OH is 1. The molecule has 0 bridgehead atoms. The molecule has 0 saturated carbocycles. The van der Waals surface area contributed by atoms with Gasteiger partial charge in [-0.25, -0.2) is 0 Å². The third kappa shape index (κ3) is 2.25. The normalized spacial score (nSPS) is 17.3. The first-order chi connectivity index (χ1) is 8.63. The van der Waals surface area contributed by atoms with Crippen LogP contribution in [0.3, 0.4) is 0 Å². The molecule has 0 amide bonds. The van der Waals surface area contributed by atoms with Gasteiger partial charge in [0.2, 0.25) is 0 Å². The van der Waals surface area contributed by atoms with Gasteiger partial charge in [-0.05, 0) is 32.3 Å². The zero-order valence-corrected chi connectivity index (χ0v) is 11.5. The van der Waals surface area contributed by atoms with E-state index in [4.69, 9.17) is 14.6 Å². The third-order valence-corrected chi connectivity index (χ3v) is 3.76. The Hall–Kier alpha value is -1.06. The Labute approximate surface area is 109 Å². The predicted molar refractivity (Wildman–Crippen MR) is 71.3 cm³/mol. The number of ether oxygens (including phenoxy) is 2. The number of rotatable bonds is 5. The van der Waals surface area contributed by atoms with Crippen molar-refractivity contribution < 1.29 is 14.6 Å². The van der Waals surface area contributed by atoms with Gasteiger partial charge in [-0.3, -0.25) is 0 Å². The maximum absolute atomic E-state index is 9.06. The molecular weight excluding hydrogens is 228 g/mol. The lowest BCUT2D eigenvalue weighted by Gasteiger charge is -2.43. The van der Waals surface area contributed by atoms with Crippen LogP contribution in [0.15, 0.2) is 12.1 Å². The van der Waals surface area contributed by atoms with E-state index in [1.54, 1.807) is 7.11 Å². The Morgan fingerprint density at radius 2 is 2.06 bits per heavy atom. The largest absolute Gasteiger partial charge is 0.496 e. The summed E-state index contributed by atoms with van der Waals surface area (Å²) in [7, 11) is 1.72. The second-order valence-corrected chi connectivity index (χ2v) is 5.26. The lowest BCUT2D eigenvalue weighted by molar-refractivity contribution is -0.0674. The van der Waals surface area contributed by atoms with E-state index in [1.807, 2.05) is 0 Å². The number of methoxy groups -OCH3 is 1. The quantitative estimate of drug-likeness (QED) is 0.872. The van der Waals surface area contributed by atoms with Gasteiger partial charge in [0.1, 0.15) is 5.75 Å². The van der Waals surface area contributed by atoms with Crippen molar-refractivity contribution in [1.82, 2.24) is 0 Å². The van der Waals surface area contributed by atoms with Crippen molar-refractivity contribution in [1.29, 1.82) is 0 Å². The van der Waals surface area contributed by atoms with Crippen LogP contribution in [-0.2, 0) is 10.2 Å². The van der Waals surface area contributed by atoms with Gasteiger partial charge in [-0.15, -0.1) is 0 Å². The molecule has 1 aliphatic heterocycles. The summed E-state index contributed by atoms with van der Waals surface area (Å²) in [5, 5.41) is 9.06. The summed E-state index contributed by atoms with van der Waals surface area (Å²) in [5.41, 5.74) is 3.69. The van der Waals surface area contributed by atoms with Crippen molar-refractivity contribution in [3.63, 3.8) is 0 Å². The molecule has 3 nitrogen and oxygen atoms in total. The number of benzene rings is 1. The summed E-state index contributed by atoms with van der Waals surface area (Å²) in [6.07, 6.45) is 1.75. The molecule has 1 heterocycles. The van der Waals surface area contributed by atoms with Crippen molar-refractivity contribution in [2.45, 2.75) is 32.1 Å². The van der Waals surface area contributed by atoms with Gasteiger partial charge in [0, 0.05) is 17.6 Å². The second kappa shape index (κ2) is 5.29. The zero-order chi connectivity index (χ0) is 13.2. The molecule has 1 N–H and O–H groups in total. The minimum absolute atomic E-state index is 0.0326. The highest BCUT2D eigenvalue weighted by Crippen LogP contribution is 2.43. The number of hydrogen-bond acceptors (Lipinski definition) is 3.